The maximum Gasteiger partial charge on any atom is 0.266 e. The third kappa shape index (κ3) is 1.10. The van der Waals surface area contributed by atoms with Crippen molar-refractivity contribution >= 4 is 0 Å². The molecule has 4 heteroatoms. The molecule has 0 aliphatic rings. The highest BCUT2D eigenvalue weighted by Gasteiger charge is 2.01. The number of nitrogens with zero attached hydrogens (tertiary/aromatic N) is 3. The summed E-state index contributed by atoms with van der Waals surface area (Å²) in [6, 6.07) is 5.51. The van der Waals surface area contributed by atoms with Crippen LogP contribution in [0.4, 0.5) is 0 Å². The second kappa shape index (κ2) is 2.49. The maximum atomic E-state index is 4.93. The van der Waals surface area contributed by atoms with Gasteiger partial charge in [-0.25, -0.2) is 0 Å². The average Bonchev–Trinajstić information content (AvgIpc) is 2.58. The first-order valence-corrected chi connectivity index (χ1v) is 3.14. The Morgan fingerprint density at radius 2 is 2.27 bits per heavy atom. The Morgan fingerprint density at radius 3 is 2.91 bits per heavy atom. The molecule has 11 heavy (non-hydrogen) atoms. The van der Waals surface area contributed by atoms with Crippen molar-refractivity contribution in [1.82, 2.24) is 15.2 Å². The van der Waals surface area contributed by atoms with Crippen LogP contribution < -0.4 is 0 Å². The molecule has 0 aliphatic carbocycles. The Kier molecular flexibility index (Phi) is 1.37. The zero-order chi connectivity index (χ0) is 7.52. The summed E-state index contributed by atoms with van der Waals surface area (Å²) in [5.74, 6) is 0.450. The van der Waals surface area contributed by atoms with Crippen LogP contribution >= 0.6 is 0 Å². The lowest BCUT2D eigenvalue weighted by molar-refractivity contribution is 0.566. The maximum absolute atomic E-state index is 4.93. The summed E-state index contributed by atoms with van der Waals surface area (Å²) in [5, 5.41) is 7.25. The number of hydrogen-bond acceptors (Lipinski definition) is 4. The molecule has 0 unspecified atom stereocenters. The van der Waals surface area contributed by atoms with Crippen LogP contribution in [0, 0.1) is 0 Å². The summed E-state index contributed by atoms with van der Waals surface area (Å²) in [5.41, 5.74) is 0.699. The molecule has 0 aliphatic heterocycles. The lowest BCUT2D eigenvalue weighted by Gasteiger charge is -1.88. The van der Waals surface area contributed by atoms with Crippen LogP contribution in [0.15, 0.2) is 35.2 Å². The SMILES string of the molecule is c1ccc(-c2nnco2)nc1. The molecule has 54 valence electrons. The largest absolute Gasteiger partial charge is 0.422 e. The molecule has 0 atom stereocenters. The minimum Gasteiger partial charge on any atom is -0.422 e. The summed E-state index contributed by atoms with van der Waals surface area (Å²) >= 11 is 0. The van der Waals surface area contributed by atoms with Gasteiger partial charge in [0.2, 0.25) is 6.39 Å². The smallest absolute Gasteiger partial charge is 0.266 e. The number of pyridine rings is 1. The third-order valence-electron chi connectivity index (χ3n) is 1.24. The molecule has 0 N–H and O–H groups in total. The number of aromatic nitrogens is 3. The first-order valence-electron chi connectivity index (χ1n) is 3.14. The number of rotatable bonds is 1. The summed E-state index contributed by atoms with van der Waals surface area (Å²) in [6.07, 6.45) is 2.96. The van der Waals surface area contributed by atoms with Gasteiger partial charge < -0.3 is 4.42 Å². The van der Waals surface area contributed by atoms with E-state index in [1.807, 2.05) is 18.2 Å². The zero-order valence-electron chi connectivity index (χ0n) is 5.64. The fraction of sp³-hybridized carbons (Fsp3) is 0. The minimum absolute atomic E-state index is 0.450. The van der Waals surface area contributed by atoms with E-state index in [-0.39, 0.29) is 0 Å². The van der Waals surface area contributed by atoms with Crippen LogP contribution in [0.5, 0.6) is 0 Å². The molecule has 2 rings (SSSR count). The van der Waals surface area contributed by atoms with E-state index in [0.29, 0.717) is 11.6 Å². The lowest BCUT2D eigenvalue weighted by atomic mass is 10.3. The van der Waals surface area contributed by atoms with Gasteiger partial charge in [-0.1, -0.05) is 6.07 Å². The Labute approximate surface area is 62.9 Å². The van der Waals surface area contributed by atoms with E-state index in [0.717, 1.165) is 0 Å². The molecular formula is C7H5N3O. The van der Waals surface area contributed by atoms with Crippen molar-refractivity contribution in [2.75, 3.05) is 0 Å². The van der Waals surface area contributed by atoms with Crippen LogP contribution in [-0.4, -0.2) is 15.2 Å². The second-order valence-electron chi connectivity index (χ2n) is 1.96. The van der Waals surface area contributed by atoms with Crippen LogP contribution in [0.3, 0.4) is 0 Å². The van der Waals surface area contributed by atoms with Crippen molar-refractivity contribution in [2.24, 2.45) is 0 Å². The molecule has 0 saturated carbocycles. The van der Waals surface area contributed by atoms with Gasteiger partial charge in [0.25, 0.3) is 5.89 Å². The van der Waals surface area contributed by atoms with Crippen molar-refractivity contribution in [3.8, 4) is 11.6 Å². The first kappa shape index (κ1) is 6.03. The Bertz CT molecular complexity index is 317. The molecule has 0 bridgehead atoms. The van der Waals surface area contributed by atoms with Crippen LogP contribution in [0.2, 0.25) is 0 Å². The van der Waals surface area contributed by atoms with Crippen molar-refractivity contribution in [1.29, 1.82) is 0 Å². The standard InChI is InChI=1S/C7H5N3O/c1-2-4-8-6(3-1)7-10-9-5-11-7/h1-5H. The molecule has 2 aromatic rings. The predicted octanol–water partition coefficient (Wildman–Crippen LogP) is 1.13. The van der Waals surface area contributed by atoms with Gasteiger partial charge in [-0.05, 0) is 12.1 Å². The zero-order valence-corrected chi connectivity index (χ0v) is 5.64. The predicted molar refractivity (Wildman–Crippen MR) is 37.5 cm³/mol. The summed E-state index contributed by atoms with van der Waals surface area (Å²) in [6.45, 7) is 0. The molecule has 0 fully saturated rings. The lowest BCUT2D eigenvalue weighted by Crippen LogP contribution is -1.80. The van der Waals surface area contributed by atoms with E-state index in [4.69, 9.17) is 4.42 Å². The Hall–Kier alpha value is -1.71. The van der Waals surface area contributed by atoms with Gasteiger partial charge in [-0.15, -0.1) is 10.2 Å². The normalized spacial score (nSPS) is 9.82. The Morgan fingerprint density at radius 1 is 1.27 bits per heavy atom. The minimum atomic E-state index is 0.450. The van der Waals surface area contributed by atoms with Crippen molar-refractivity contribution in [3.63, 3.8) is 0 Å². The summed E-state index contributed by atoms with van der Waals surface area (Å²) in [7, 11) is 0. The number of hydrogen-bond donors (Lipinski definition) is 0. The van der Waals surface area contributed by atoms with E-state index in [9.17, 15) is 0 Å². The van der Waals surface area contributed by atoms with E-state index in [1.165, 1.54) is 6.39 Å². The third-order valence-corrected chi connectivity index (χ3v) is 1.24. The van der Waals surface area contributed by atoms with Gasteiger partial charge in [0.1, 0.15) is 5.69 Å². The van der Waals surface area contributed by atoms with E-state index in [1.54, 1.807) is 6.20 Å². The molecular weight excluding hydrogens is 142 g/mol. The van der Waals surface area contributed by atoms with Gasteiger partial charge in [-0.2, -0.15) is 0 Å². The monoisotopic (exact) mass is 147 g/mol. The van der Waals surface area contributed by atoms with Crippen LogP contribution in [-0.2, 0) is 0 Å². The molecule has 2 aromatic heterocycles. The van der Waals surface area contributed by atoms with Crippen molar-refractivity contribution in [2.45, 2.75) is 0 Å². The highest BCUT2D eigenvalue weighted by Crippen LogP contribution is 2.10. The fourth-order valence-electron chi connectivity index (χ4n) is 0.774. The second-order valence-corrected chi connectivity index (χ2v) is 1.96. The van der Waals surface area contributed by atoms with E-state index >= 15 is 0 Å². The van der Waals surface area contributed by atoms with Gasteiger partial charge in [0, 0.05) is 6.20 Å². The van der Waals surface area contributed by atoms with Gasteiger partial charge >= 0.3 is 0 Å². The molecule has 2 heterocycles. The summed E-state index contributed by atoms with van der Waals surface area (Å²) < 4.78 is 4.93. The Balaban J connectivity index is 2.46. The molecule has 0 saturated heterocycles. The van der Waals surface area contributed by atoms with Crippen LogP contribution in [0.25, 0.3) is 11.6 Å². The van der Waals surface area contributed by atoms with Gasteiger partial charge in [0.15, 0.2) is 0 Å². The molecule has 0 radical (unpaired) electrons. The van der Waals surface area contributed by atoms with Gasteiger partial charge in [-0.3, -0.25) is 4.98 Å². The molecule has 4 nitrogen and oxygen atoms in total. The fourth-order valence-corrected chi connectivity index (χ4v) is 0.774. The first-order chi connectivity index (χ1) is 5.47. The summed E-state index contributed by atoms with van der Waals surface area (Å²) in [4.78, 5) is 4.02. The molecule has 0 amide bonds. The highest BCUT2D eigenvalue weighted by molar-refractivity contribution is 5.44. The van der Waals surface area contributed by atoms with Crippen molar-refractivity contribution in [3.05, 3.63) is 30.8 Å². The molecule has 0 aromatic carbocycles. The quantitative estimate of drug-likeness (QED) is 0.606. The van der Waals surface area contributed by atoms with E-state index < -0.39 is 0 Å². The molecule has 0 spiro atoms. The van der Waals surface area contributed by atoms with Gasteiger partial charge in [0.05, 0.1) is 0 Å². The van der Waals surface area contributed by atoms with E-state index in [2.05, 4.69) is 15.2 Å². The topological polar surface area (TPSA) is 51.8 Å². The average molecular weight is 147 g/mol. The highest BCUT2D eigenvalue weighted by atomic mass is 16.4. The van der Waals surface area contributed by atoms with Crippen molar-refractivity contribution < 1.29 is 4.42 Å². The van der Waals surface area contributed by atoms with Crippen LogP contribution in [0.1, 0.15) is 0 Å².